The fraction of sp³-hybridized carbons (Fsp3) is 1.00. The summed E-state index contributed by atoms with van der Waals surface area (Å²) in [6, 6.07) is 0.279. The molecule has 10 heavy (non-hydrogen) atoms. The quantitative estimate of drug-likeness (QED) is 0.547. The average molecular weight is 145 g/mol. The molecule has 0 aromatic rings. The second kappa shape index (κ2) is 5.65. The molecule has 3 nitrogen and oxygen atoms in total. The van der Waals surface area contributed by atoms with Gasteiger partial charge in [0.1, 0.15) is 0 Å². The average Bonchev–Trinajstić information content (AvgIpc) is 1.82. The van der Waals surface area contributed by atoms with Crippen LogP contribution in [0.1, 0.15) is 6.92 Å². The Kier molecular flexibility index (Phi) is 5.58. The van der Waals surface area contributed by atoms with Gasteiger partial charge in [0, 0.05) is 25.7 Å². The Morgan fingerprint density at radius 1 is 1.60 bits per heavy atom. The van der Waals surface area contributed by atoms with Crippen molar-refractivity contribution in [2.75, 3.05) is 33.7 Å². The van der Waals surface area contributed by atoms with E-state index in [-0.39, 0.29) is 6.04 Å². The summed E-state index contributed by atoms with van der Waals surface area (Å²) in [5, 5.41) is 3.09. The first-order chi connectivity index (χ1) is 4.66. The molecular formula is C7H19N3. The van der Waals surface area contributed by atoms with Crippen LogP contribution < -0.4 is 11.1 Å². The SMILES string of the molecule is CNCCN(C)CC(C)N. The van der Waals surface area contributed by atoms with E-state index in [9.17, 15) is 0 Å². The lowest BCUT2D eigenvalue weighted by Gasteiger charge is -2.17. The van der Waals surface area contributed by atoms with E-state index < -0.39 is 0 Å². The molecule has 1 unspecified atom stereocenters. The Morgan fingerprint density at radius 3 is 2.60 bits per heavy atom. The molecular weight excluding hydrogens is 126 g/mol. The number of hydrogen-bond acceptors (Lipinski definition) is 3. The van der Waals surface area contributed by atoms with E-state index in [1.54, 1.807) is 0 Å². The predicted molar refractivity (Wildman–Crippen MR) is 45.1 cm³/mol. The zero-order valence-corrected chi connectivity index (χ0v) is 7.22. The molecule has 0 aliphatic carbocycles. The van der Waals surface area contributed by atoms with Crippen molar-refractivity contribution in [3.8, 4) is 0 Å². The van der Waals surface area contributed by atoms with Crippen molar-refractivity contribution in [3.05, 3.63) is 0 Å². The maximum Gasteiger partial charge on any atom is 0.0139 e. The number of hydrogen-bond donors (Lipinski definition) is 2. The van der Waals surface area contributed by atoms with Crippen molar-refractivity contribution >= 4 is 0 Å². The molecule has 0 bridgehead atoms. The summed E-state index contributed by atoms with van der Waals surface area (Å²) in [6.07, 6.45) is 0. The first kappa shape index (κ1) is 9.88. The lowest BCUT2D eigenvalue weighted by molar-refractivity contribution is 0.318. The minimum atomic E-state index is 0.279. The van der Waals surface area contributed by atoms with Crippen molar-refractivity contribution in [1.29, 1.82) is 0 Å². The molecule has 0 spiro atoms. The Hall–Kier alpha value is -0.120. The van der Waals surface area contributed by atoms with Crippen LogP contribution in [0, 0.1) is 0 Å². The van der Waals surface area contributed by atoms with E-state index in [2.05, 4.69) is 17.3 Å². The van der Waals surface area contributed by atoms with Crippen molar-refractivity contribution in [2.45, 2.75) is 13.0 Å². The first-order valence-electron chi connectivity index (χ1n) is 3.75. The van der Waals surface area contributed by atoms with Gasteiger partial charge in [-0.1, -0.05) is 0 Å². The number of nitrogens with zero attached hydrogens (tertiary/aromatic N) is 1. The minimum absolute atomic E-state index is 0.279. The molecule has 0 rings (SSSR count). The van der Waals surface area contributed by atoms with Crippen LogP contribution in [0.5, 0.6) is 0 Å². The third kappa shape index (κ3) is 6.01. The van der Waals surface area contributed by atoms with E-state index in [1.165, 1.54) is 0 Å². The number of rotatable bonds is 5. The maximum absolute atomic E-state index is 5.60. The summed E-state index contributed by atoms with van der Waals surface area (Å²) in [6.45, 7) is 5.10. The number of nitrogens with two attached hydrogens (primary N) is 1. The van der Waals surface area contributed by atoms with Gasteiger partial charge in [-0.15, -0.1) is 0 Å². The molecule has 1 atom stereocenters. The maximum atomic E-state index is 5.60. The molecule has 0 saturated heterocycles. The largest absolute Gasteiger partial charge is 0.327 e. The normalized spacial score (nSPS) is 14.1. The van der Waals surface area contributed by atoms with Gasteiger partial charge in [0.15, 0.2) is 0 Å². The monoisotopic (exact) mass is 145 g/mol. The molecule has 3 heteroatoms. The lowest BCUT2D eigenvalue weighted by atomic mass is 10.3. The Bertz CT molecular complexity index is 73.3. The number of nitrogens with one attached hydrogen (secondary N) is 1. The van der Waals surface area contributed by atoms with E-state index >= 15 is 0 Å². The van der Waals surface area contributed by atoms with Crippen molar-refractivity contribution < 1.29 is 0 Å². The zero-order chi connectivity index (χ0) is 7.98. The third-order valence-electron chi connectivity index (χ3n) is 1.34. The van der Waals surface area contributed by atoms with Crippen LogP contribution in [-0.2, 0) is 0 Å². The van der Waals surface area contributed by atoms with Gasteiger partial charge in [-0.3, -0.25) is 0 Å². The molecule has 0 saturated carbocycles. The van der Waals surface area contributed by atoms with E-state index in [1.807, 2.05) is 14.0 Å². The van der Waals surface area contributed by atoms with Gasteiger partial charge in [0.25, 0.3) is 0 Å². The van der Waals surface area contributed by atoms with Gasteiger partial charge in [-0.2, -0.15) is 0 Å². The van der Waals surface area contributed by atoms with Gasteiger partial charge >= 0.3 is 0 Å². The molecule has 0 aliphatic heterocycles. The fourth-order valence-electron chi connectivity index (χ4n) is 0.886. The van der Waals surface area contributed by atoms with E-state index in [0.717, 1.165) is 19.6 Å². The summed E-state index contributed by atoms with van der Waals surface area (Å²) >= 11 is 0. The lowest BCUT2D eigenvalue weighted by Crippen LogP contribution is -2.36. The predicted octanol–water partition coefficient (Wildman–Crippen LogP) is -0.515. The van der Waals surface area contributed by atoms with Crippen LogP contribution in [0.2, 0.25) is 0 Å². The van der Waals surface area contributed by atoms with Crippen molar-refractivity contribution in [1.82, 2.24) is 10.2 Å². The van der Waals surface area contributed by atoms with Crippen LogP contribution in [0.4, 0.5) is 0 Å². The highest BCUT2D eigenvalue weighted by molar-refractivity contribution is 4.60. The highest BCUT2D eigenvalue weighted by atomic mass is 15.1. The Labute approximate surface area is 63.6 Å². The highest BCUT2D eigenvalue weighted by Gasteiger charge is 1.99. The van der Waals surface area contributed by atoms with Crippen molar-refractivity contribution in [2.24, 2.45) is 5.73 Å². The summed E-state index contributed by atoms with van der Waals surface area (Å²) in [5.41, 5.74) is 5.60. The van der Waals surface area contributed by atoms with E-state index in [4.69, 9.17) is 5.73 Å². The van der Waals surface area contributed by atoms with Gasteiger partial charge < -0.3 is 16.0 Å². The van der Waals surface area contributed by atoms with Gasteiger partial charge in [0.05, 0.1) is 0 Å². The summed E-state index contributed by atoms with van der Waals surface area (Å²) in [7, 11) is 4.04. The molecule has 0 aromatic carbocycles. The Morgan fingerprint density at radius 2 is 2.20 bits per heavy atom. The summed E-state index contributed by atoms with van der Waals surface area (Å²) < 4.78 is 0. The van der Waals surface area contributed by atoms with E-state index in [0.29, 0.717) is 0 Å². The topological polar surface area (TPSA) is 41.3 Å². The summed E-state index contributed by atoms with van der Waals surface area (Å²) in [4.78, 5) is 2.22. The van der Waals surface area contributed by atoms with Crippen LogP contribution in [-0.4, -0.2) is 44.7 Å². The van der Waals surface area contributed by atoms with Crippen molar-refractivity contribution in [3.63, 3.8) is 0 Å². The molecule has 0 heterocycles. The summed E-state index contributed by atoms with van der Waals surface area (Å²) in [5.74, 6) is 0. The van der Waals surface area contributed by atoms with Gasteiger partial charge in [-0.05, 0) is 21.0 Å². The van der Waals surface area contributed by atoms with Gasteiger partial charge in [-0.25, -0.2) is 0 Å². The number of likely N-dealkylation sites (N-methyl/N-ethyl adjacent to an activating group) is 2. The highest BCUT2D eigenvalue weighted by Crippen LogP contribution is 1.82. The molecule has 3 N–H and O–H groups in total. The smallest absolute Gasteiger partial charge is 0.0139 e. The van der Waals surface area contributed by atoms with Gasteiger partial charge in [0.2, 0.25) is 0 Å². The first-order valence-corrected chi connectivity index (χ1v) is 3.75. The molecule has 62 valence electrons. The zero-order valence-electron chi connectivity index (χ0n) is 7.22. The second-order valence-electron chi connectivity index (χ2n) is 2.84. The standard InChI is InChI=1S/C7H19N3/c1-7(8)6-10(3)5-4-9-2/h7,9H,4-6,8H2,1-3H3. The van der Waals surface area contributed by atoms with Crippen LogP contribution in [0.15, 0.2) is 0 Å². The molecule has 0 amide bonds. The third-order valence-corrected chi connectivity index (χ3v) is 1.34. The van der Waals surface area contributed by atoms with Crippen LogP contribution >= 0.6 is 0 Å². The molecule has 0 fully saturated rings. The molecule has 0 aromatic heterocycles. The fourth-order valence-corrected chi connectivity index (χ4v) is 0.886. The Balaban J connectivity index is 3.16. The molecule has 0 radical (unpaired) electrons. The second-order valence-corrected chi connectivity index (χ2v) is 2.84. The van der Waals surface area contributed by atoms with Crippen LogP contribution in [0.25, 0.3) is 0 Å². The van der Waals surface area contributed by atoms with Crippen LogP contribution in [0.3, 0.4) is 0 Å². The molecule has 0 aliphatic rings. The minimum Gasteiger partial charge on any atom is -0.327 e.